The van der Waals surface area contributed by atoms with Crippen molar-refractivity contribution in [2.24, 2.45) is 5.92 Å². The average molecular weight is 265 g/mol. The maximum atomic E-state index is 5.74. The molecule has 0 saturated heterocycles. The lowest BCUT2D eigenvalue weighted by Gasteiger charge is -2.06. The van der Waals surface area contributed by atoms with Crippen LogP contribution in [-0.2, 0) is 6.54 Å². The van der Waals surface area contributed by atoms with Crippen LogP contribution in [0.15, 0.2) is 6.20 Å². The van der Waals surface area contributed by atoms with Gasteiger partial charge in [-0.1, -0.05) is 13.8 Å². The highest BCUT2D eigenvalue weighted by Gasteiger charge is 2.04. The molecule has 1 aromatic heterocycles. The number of aromatic nitrogens is 2. The van der Waals surface area contributed by atoms with E-state index < -0.39 is 0 Å². The Morgan fingerprint density at radius 2 is 2.36 bits per heavy atom. The normalized spacial score (nSPS) is 10.9. The van der Waals surface area contributed by atoms with Gasteiger partial charge < -0.3 is 5.73 Å². The summed E-state index contributed by atoms with van der Waals surface area (Å²) >= 11 is 2.18. The third-order valence-electron chi connectivity index (χ3n) is 1.37. The van der Waals surface area contributed by atoms with E-state index in [2.05, 4.69) is 41.5 Å². The molecule has 1 rings (SSSR count). The molecule has 3 nitrogen and oxygen atoms in total. The number of anilines is 1. The van der Waals surface area contributed by atoms with Crippen LogP contribution in [0.1, 0.15) is 13.8 Å². The molecule has 0 fully saturated rings. The van der Waals surface area contributed by atoms with Crippen LogP contribution in [0.2, 0.25) is 0 Å². The first-order valence-electron chi connectivity index (χ1n) is 3.58. The predicted octanol–water partition coefficient (Wildman–Crippen LogP) is 1.73. The van der Waals surface area contributed by atoms with E-state index in [9.17, 15) is 0 Å². The van der Waals surface area contributed by atoms with Crippen molar-refractivity contribution < 1.29 is 0 Å². The van der Waals surface area contributed by atoms with Crippen molar-refractivity contribution in [3.05, 3.63) is 9.77 Å². The first-order chi connectivity index (χ1) is 5.11. The minimum Gasteiger partial charge on any atom is -0.383 e. The Labute approximate surface area is 80.1 Å². The lowest BCUT2D eigenvalue weighted by molar-refractivity contribution is 0.488. The largest absolute Gasteiger partial charge is 0.383 e. The van der Waals surface area contributed by atoms with Crippen molar-refractivity contribution >= 4 is 28.4 Å². The van der Waals surface area contributed by atoms with Gasteiger partial charge in [0.1, 0.15) is 5.82 Å². The van der Waals surface area contributed by atoms with Crippen LogP contribution in [0.5, 0.6) is 0 Å². The molecule has 0 aliphatic carbocycles. The quantitative estimate of drug-likeness (QED) is 0.827. The second kappa shape index (κ2) is 3.42. The highest BCUT2D eigenvalue weighted by Crippen LogP contribution is 2.14. The number of halogens is 1. The monoisotopic (exact) mass is 265 g/mol. The lowest BCUT2D eigenvalue weighted by Crippen LogP contribution is -2.09. The average Bonchev–Trinajstić information content (AvgIpc) is 2.18. The molecular weight excluding hydrogens is 253 g/mol. The van der Waals surface area contributed by atoms with Gasteiger partial charge in [0.2, 0.25) is 0 Å². The number of nitrogen functional groups attached to an aromatic ring is 1. The minimum absolute atomic E-state index is 0.591. The number of hydrogen-bond donors (Lipinski definition) is 1. The summed E-state index contributed by atoms with van der Waals surface area (Å²) in [4.78, 5) is 0. The summed E-state index contributed by atoms with van der Waals surface area (Å²) in [6.45, 7) is 5.19. The van der Waals surface area contributed by atoms with Crippen molar-refractivity contribution in [3.8, 4) is 0 Å². The van der Waals surface area contributed by atoms with E-state index in [-0.39, 0.29) is 0 Å². The zero-order valence-electron chi connectivity index (χ0n) is 6.71. The maximum absolute atomic E-state index is 5.74. The predicted molar refractivity (Wildman–Crippen MR) is 54.2 cm³/mol. The van der Waals surface area contributed by atoms with Gasteiger partial charge in [0.05, 0.1) is 9.77 Å². The Morgan fingerprint density at radius 1 is 1.73 bits per heavy atom. The molecule has 0 bridgehead atoms. The number of rotatable bonds is 2. The van der Waals surface area contributed by atoms with E-state index in [0.717, 1.165) is 15.9 Å². The zero-order chi connectivity index (χ0) is 8.43. The Bertz CT molecular complexity index is 242. The van der Waals surface area contributed by atoms with Gasteiger partial charge >= 0.3 is 0 Å². The first kappa shape index (κ1) is 8.83. The fraction of sp³-hybridized carbons (Fsp3) is 0.571. The highest BCUT2D eigenvalue weighted by molar-refractivity contribution is 14.1. The van der Waals surface area contributed by atoms with E-state index >= 15 is 0 Å². The molecule has 0 radical (unpaired) electrons. The Hall–Kier alpha value is -0.260. The van der Waals surface area contributed by atoms with Crippen LogP contribution in [0.3, 0.4) is 0 Å². The van der Waals surface area contributed by atoms with Crippen molar-refractivity contribution in [2.45, 2.75) is 20.4 Å². The van der Waals surface area contributed by atoms with Gasteiger partial charge in [-0.05, 0) is 28.5 Å². The fourth-order valence-electron chi connectivity index (χ4n) is 0.863. The van der Waals surface area contributed by atoms with Gasteiger partial charge in [-0.2, -0.15) is 5.10 Å². The van der Waals surface area contributed by atoms with Gasteiger partial charge in [-0.25, -0.2) is 4.68 Å². The van der Waals surface area contributed by atoms with E-state index in [1.807, 2.05) is 4.68 Å². The number of hydrogen-bond acceptors (Lipinski definition) is 2. The van der Waals surface area contributed by atoms with Gasteiger partial charge in [-0.15, -0.1) is 0 Å². The fourth-order valence-corrected chi connectivity index (χ4v) is 1.27. The van der Waals surface area contributed by atoms with E-state index in [4.69, 9.17) is 5.73 Å². The van der Waals surface area contributed by atoms with Crippen molar-refractivity contribution in [2.75, 3.05) is 5.73 Å². The van der Waals surface area contributed by atoms with Crippen LogP contribution in [-0.4, -0.2) is 9.78 Å². The number of nitrogens with zero attached hydrogens (tertiary/aromatic N) is 2. The van der Waals surface area contributed by atoms with Gasteiger partial charge in [0.25, 0.3) is 0 Å². The van der Waals surface area contributed by atoms with Gasteiger partial charge in [0.15, 0.2) is 0 Å². The van der Waals surface area contributed by atoms with E-state index in [0.29, 0.717) is 5.92 Å². The summed E-state index contributed by atoms with van der Waals surface area (Å²) in [5, 5.41) is 4.14. The third-order valence-corrected chi connectivity index (χ3v) is 2.20. The molecule has 0 aliphatic rings. The smallest absolute Gasteiger partial charge is 0.135 e. The molecule has 0 amide bonds. The Balaban J connectivity index is 2.79. The molecule has 0 aromatic carbocycles. The molecule has 2 N–H and O–H groups in total. The molecule has 0 aliphatic heterocycles. The molecule has 62 valence electrons. The van der Waals surface area contributed by atoms with Crippen LogP contribution in [0.4, 0.5) is 5.82 Å². The summed E-state index contributed by atoms with van der Waals surface area (Å²) in [7, 11) is 0. The molecule has 0 unspecified atom stereocenters. The molecular formula is C7H12IN3. The van der Waals surface area contributed by atoms with Gasteiger partial charge in [-0.3, -0.25) is 0 Å². The summed E-state index contributed by atoms with van der Waals surface area (Å²) in [5.41, 5.74) is 5.74. The molecule has 0 saturated carbocycles. The summed E-state index contributed by atoms with van der Waals surface area (Å²) in [5.74, 6) is 1.37. The summed E-state index contributed by atoms with van der Waals surface area (Å²) in [6.07, 6.45) is 1.79. The summed E-state index contributed by atoms with van der Waals surface area (Å²) < 4.78 is 2.87. The SMILES string of the molecule is CC(C)Cn1ncc(I)c1N. The van der Waals surface area contributed by atoms with Crippen LogP contribution < -0.4 is 5.73 Å². The molecule has 11 heavy (non-hydrogen) atoms. The third kappa shape index (κ3) is 2.08. The van der Waals surface area contributed by atoms with E-state index in [1.54, 1.807) is 6.20 Å². The Morgan fingerprint density at radius 3 is 2.73 bits per heavy atom. The first-order valence-corrected chi connectivity index (χ1v) is 4.66. The molecule has 0 atom stereocenters. The second-order valence-corrected chi connectivity index (χ2v) is 4.12. The highest BCUT2D eigenvalue weighted by atomic mass is 127. The topological polar surface area (TPSA) is 43.8 Å². The van der Waals surface area contributed by atoms with Crippen LogP contribution in [0.25, 0.3) is 0 Å². The molecule has 4 heteroatoms. The van der Waals surface area contributed by atoms with Crippen molar-refractivity contribution in [1.29, 1.82) is 0 Å². The van der Waals surface area contributed by atoms with Crippen molar-refractivity contribution in [1.82, 2.24) is 9.78 Å². The minimum atomic E-state index is 0.591. The zero-order valence-corrected chi connectivity index (χ0v) is 8.87. The number of nitrogens with two attached hydrogens (primary N) is 1. The van der Waals surface area contributed by atoms with Crippen LogP contribution >= 0.6 is 22.6 Å². The lowest BCUT2D eigenvalue weighted by atomic mass is 10.2. The Kier molecular flexibility index (Phi) is 2.75. The molecule has 1 aromatic rings. The van der Waals surface area contributed by atoms with E-state index in [1.165, 1.54) is 0 Å². The van der Waals surface area contributed by atoms with Gasteiger partial charge in [0, 0.05) is 6.54 Å². The van der Waals surface area contributed by atoms with Crippen LogP contribution in [0, 0.1) is 9.49 Å². The molecule has 1 heterocycles. The second-order valence-electron chi connectivity index (χ2n) is 2.95. The maximum Gasteiger partial charge on any atom is 0.135 e. The van der Waals surface area contributed by atoms with Crippen molar-refractivity contribution in [3.63, 3.8) is 0 Å². The summed E-state index contributed by atoms with van der Waals surface area (Å²) in [6, 6.07) is 0. The standard InChI is InChI=1S/C7H12IN3/c1-5(2)4-11-7(9)6(8)3-10-11/h3,5H,4,9H2,1-2H3. The molecule has 0 spiro atoms.